The first-order chi connectivity index (χ1) is 20.9. The predicted octanol–water partition coefficient (Wildman–Crippen LogP) is 5.41. The van der Waals surface area contributed by atoms with Crippen LogP contribution in [0.2, 0.25) is 5.02 Å². The van der Waals surface area contributed by atoms with Gasteiger partial charge in [0, 0.05) is 29.7 Å². The van der Waals surface area contributed by atoms with Crippen LogP contribution in [0.15, 0.2) is 56.7 Å². The molecule has 0 radical (unpaired) electrons. The van der Waals surface area contributed by atoms with Crippen LogP contribution in [0.4, 0.5) is 18.9 Å². The van der Waals surface area contributed by atoms with Gasteiger partial charge in [-0.1, -0.05) is 35.9 Å². The molecular weight excluding hydrogens is 627 g/mol. The maximum atomic E-state index is 14.2. The summed E-state index contributed by atoms with van der Waals surface area (Å²) in [7, 11) is -4.29. The van der Waals surface area contributed by atoms with E-state index in [1.54, 1.807) is 19.9 Å². The molecule has 0 saturated heterocycles. The standard InChI is InChI=1S/C28H27ClF3N5O6S/c1-3-36-16-24(26(35-36)41-4-2)44(39,40)37-15-18(10-13-25-33-34-27(38)43-25)42-23-12-9-17(14-22(23)37)8-11-19-20(28(30,31)32)6-5-7-21(19)29/h5-9,11-12,14,16,18H,3-4,10,13,15H2,1-2H3,(H,34,38)/b11-8+/t18-/m0/s1. The van der Waals surface area contributed by atoms with Gasteiger partial charge in [-0.3, -0.25) is 8.99 Å². The van der Waals surface area contributed by atoms with Gasteiger partial charge in [0.05, 0.1) is 24.4 Å². The summed E-state index contributed by atoms with van der Waals surface area (Å²) in [5, 5.41) is 10.1. The van der Waals surface area contributed by atoms with Gasteiger partial charge in [0.15, 0.2) is 4.90 Å². The van der Waals surface area contributed by atoms with Gasteiger partial charge in [-0.25, -0.2) is 18.3 Å². The van der Waals surface area contributed by atoms with E-state index in [0.29, 0.717) is 12.1 Å². The molecule has 2 aromatic heterocycles. The number of aromatic amines is 1. The molecule has 4 aromatic rings. The monoisotopic (exact) mass is 653 g/mol. The Balaban J connectivity index is 1.55. The lowest BCUT2D eigenvalue weighted by atomic mass is 10.0. The molecule has 1 N–H and O–H groups in total. The maximum Gasteiger partial charge on any atom is 0.434 e. The number of ether oxygens (including phenoxy) is 2. The number of fused-ring (bicyclic) bond motifs is 1. The summed E-state index contributed by atoms with van der Waals surface area (Å²) >= 11 is 6.10. The molecule has 234 valence electrons. The number of alkyl halides is 3. The van der Waals surface area contributed by atoms with Crippen molar-refractivity contribution in [2.45, 2.75) is 50.4 Å². The topological polar surface area (TPSA) is 133 Å². The van der Waals surface area contributed by atoms with E-state index in [0.717, 1.165) is 10.4 Å². The van der Waals surface area contributed by atoms with Crippen molar-refractivity contribution in [1.82, 2.24) is 20.0 Å². The van der Waals surface area contributed by atoms with E-state index in [2.05, 4.69) is 15.3 Å². The first-order valence-electron chi connectivity index (χ1n) is 13.5. The SMILES string of the molecule is CCOc1nn(CC)cc1S(=O)(=O)N1C[C@H](CCc2n[nH]c(=O)o2)Oc2ccc(/C=C/c3c(Cl)cccc3C(F)(F)F)cc21. The van der Waals surface area contributed by atoms with Crippen molar-refractivity contribution in [1.29, 1.82) is 0 Å². The molecule has 5 rings (SSSR count). The lowest BCUT2D eigenvalue weighted by Crippen LogP contribution is -2.43. The Morgan fingerprint density at radius 3 is 2.68 bits per heavy atom. The summed E-state index contributed by atoms with van der Waals surface area (Å²) < 4.78 is 88.5. The van der Waals surface area contributed by atoms with Crippen LogP contribution < -0.4 is 19.5 Å². The highest BCUT2D eigenvalue weighted by molar-refractivity contribution is 7.93. The molecule has 16 heteroatoms. The van der Waals surface area contributed by atoms with Crippen molar-refractivity contribution in [2.24, 2.45) is 0 Å². The highest BCUT2D eigenvalue weighted by atomic mass is 35.5. The molecule has 3 heterocycles. The Kier molecular flexibility index (Phi) is 8.79. The van der Waals surface area contributed by atoms with E-state index in [9.17, 15) is 26.4 Å². The second-order valence-electron chi connectivity index (χ2n) is 9.67. The predicted molar refractivity (Wildman–Crippen MR) is 155 cm³/mol. The van der Waals surface area contributed by atoms with Crippen LogP contribution in [-0.2, 0) is 29.2 Å². The summed E-state index contributed by atoms with van der Waals surface area (Å²) in [5.41, 5.74) is -0.569. The molecule has 0 amide bonds. The van der Waals surface area contributed by atoms with Gasteiger partial charge < -0.3 is 13.9 Å². The molecule has 2 aromatic carbocycles. The first kappa shape index (κ1) is 31.2. The van der Waals surface area contributed by atoms with Crippen molar-refractivity contribution < 1.29 is 35.5 Å². The van der Waals surface area contributed by atoms with Gasteiger partial charge in [0.2, 0.25) is 5.89 Å². The van der Waals surface area contributed by atoms with Crippen LogP contribution in [0, 0.1) is 0 Å². The average Bonchev–Trinajstić information content (AvgIpc) is 3.60. The fraction of sp³-hybridized carbons (Fsp3) is 0.321. The smallest absolute Gasteiger partial charge is 0.434 e. The number of halogens is 4. The summed E-state index contributed by atoms with van der Waals surface area (Å²) in [5.74, 6) is -0.415. The van der Waals surface area contributed by atoms with Gasteiger partial charge in [-0.2, -0.15) is 13.2 Å². The molecule has 1 aliphatic rings. The highest BCUT2D eigenvalue weighted by Crippen LogP contribution is 2.41. The number of H-pyrrole nitrogens is 1. The maximum absolute atomic E-state index is 14.2. The zero-order chi connectivity index (χ0) is 31.6. The molecule has 0 fully saturated rings. The minimum atomic E-state index is -4.63. The number of sulfonamides is 1. The van der Waals surface area contributed by atoms with Crippen molar-refractivity contribution in [3.8, 4) is 11.6 Å². The number of aryl methyl sites for hydroxylation is 2. The van der Waals surface area contributed by atoms with Crippen LogP contribution in [0.25, 0.3) is 12.2 Å². The van der Waals surface area contributed by atoms with E-state index < -0.39 is 33.6 Å². The number of aromatic nitrogens is 4. The van der Waals surface area contributed by atoms with Crippen LogP contribution in [0.5, 0.6) is 11.6 Å². The minimum Gasteiger partial charge on any atom is -0.486 e. The van der Waals surface area contributed by atoms with E-state index in [1.165, 1.54) is 47.3 Å². The lowest BCUT2D eigenvalue weighted by molar-refractivity contribution is -0.137. The third-order valence-corrected chi connectivity index (χ3v) is 8.84. The Labute approximate surface area is 254 Å². The second kappa shape index (κ2) is 12.4. The zero-order valence-corrected chi connectivity index (χ0v) is 25.0. The molecule has 11 nitrogen and oxygen atoms in total. The summed E-state index contributed by atoms with van der Waals surface area (Å²) in [6.07, 6.45) is -0.848. The number of hydrogen-bond donors (Lipinski definition) is 1. The lowest BCUT2D eigenvalue weighted by Gasteiger charge is -2.35. The van der Waals surface area contributed by atoms with Gasteiger partial charge >= 0.3 is 11.9 Å². The Morgan fingerprint density at radius 1 is 1.20 bits per heavy atom. The number of benzene rings is 2. The molecule has 1 aliphatic heterocycles. The average molecular weight is 654 g/mol. The van der Waals surface area contributed by atoms with E-state index in [-0.39, 0.29) is 64.7 Å². The summed E-state index contributed by atoms with van der Waals surface area (Å²) in [4.78, 5) is 11.2. The Hall–Kier alpha value is -4.24. The van der Waals surface area contributed by atoms with Gasteiger partial charge in [0.25, 0.3) is 15.9 Å². The molecule has 44 heavy (non-hydrogen) atoms. The van der Waals surface area contributed by atoms with Crippen LogP contribution in [-0.4, -0.2) is 47.7 Å². The molecule has 0 aliphatic carbocycles. The van der Waals surface area contributed by atoms with Crippen molar-refractivity contribution in [3.63, 3.8) is 0 Å². The van der Waals surface area contributed by atoms with Crippen molar-refractivity contribution in [3.05, 3.63) is 80.7 Å². The van der Waals surface area contributed by atoms with Crippen LogP contribution >= 0.6 is 11.6 Å². The fourth-order valence-electron chi connectivity index (χ4n) is 4.68. The molecule has 0 unspecified atom stereocenters. The molecule has 0 bridgehead atoms. The summed E-state index contributed by atoms with van der Waals surface area (Å²) in [6.45, 7) is 3.94. The molecule has 0 saturated carbocycles. The van der Waals surface area contributed by atoms with Crippen molar-refractivity contribution in [2.75, 3.05) is 17.5 Å². The largest absolute Gasteiger partial charge is 0.486 e. The third-order valence-electron chi connectivity index (χ3n) is 6.75. The Morgan fingerprint density at radius 2 is 2.00 bits per heavy atom. The second-order valence-corrected chi connectivity index (χ2v) is 11.9. The normalized spacial score (nSPS) is 15.4. The Bertz CT molecular complexity index is 1850. The van der Waals surface area contributed by atoms with E-state index in [1.807, 2.05) is 0 Å². The van der Waals surface area contributed by atoms with Crippen LogP contribution in [0.1, 0.15) is 42.8 Å². The molecule has 1 atom stereocenters. The van der Waals surface area contributed by atoms with E-state index >= 15 is 0 Å². The number of hydrogen-bond acceptors (Lipinski definition) is 8. The van der Waals surface area contributed by atoms with Gasteiger partial charge in [-0.15, -0.1) is 10.2 Å². The quantitative estimate of drug-likeness (QED) is 0.225. The first-order valence-corrected chi connectivity index (χ1v) is 15.3. The molecular formula is C28H27ClF3N5O6S. The zero-order valence-electron chi connectivity index (χ0n) is 23.5. The fourth-order valence-corrected chi connectivity index (χ4v) is 6.49. The number of rotatable bonds is 10. The summed E-state index contributed by atoms with van der Waals surface area (Å²) in [6, 6.07) is 8.12. The number of nitrogens with one attached hydrogen (secondary N) is 1. The van der Waals surface area contributed by atoms with Gasteiger partial charge in [-0.05, 0) is 50.1 Å². The van der Waals surface area contributed by atoms with Gasteiger partial charge in [0.1, 0.15) is 11.9 Å². The number of nitrogens with zero attached hydrogens (tertiary/aromatic N) is 4. The molecule has 0 spiro atoms. The van der Waals surface area contributed by atoms with Crippen molar-refractivity contribution >= 4 is 39.5 Å². The van der Waals surface area contributed by atoms with Crippen LogP contribution in [0.3, 0.4) is 0 Å². The third kappa shape index (κ3) is 6.48. The van der Waals surface area contributed by atoms with E-state index in [4.69, 9.17) is 25.5 Å². The minimum absolute atomic E-state index is 0.0633. The number of anilines is 1. The highest BCUT2D eigenvalue weighted by Gasteiger charge is 2.38.